The molecule has 0 amide bonds. The summed E-state index contributed by atoms with van der Waals surface area (Å²) in [6, 6.07) is 11.8. The van der Waals surface area contributed by atoms with Crippen molar-refractivity contribution in [3.05, 3.63) is 67.4 Å². The van der Waals surface area contributed by atoms with Gasteiger partial charge in [-0.2, -0.15) is 5.10 Å². The van der Waals surface area contributed by atoms with Crippen LogP contribution < -0.4 is 4.74 Å². The quantitative estimate of drug-likeness (QED) is 0.554. The molecule has 0 fully saturated rings. The van der Waals surface area contributed by atoms with Crippen LogP contribution >= 0.6 is 0 Å². The van der Waals surface area contributed by atoms with Crippen molar-refractivity contribution in [3.8, 4) is 28.0 Å². The Morgan fingerprint density at radius 3 is 2.24 bits per heavy atom. The lowest BCUT2D eigenvalue weighted by atomic mass is 10.1. The van der Waals surface area contributed by atoms with Gasteiger partial charge in [0.1, 0.15) is 5.75 Å². The molecule has 0 N–H and O–H groups in total. The molecule has 0 aliphatic carbocycles. The SMILES string of the molecule is CC.COc1ccc(-c2cnc3c(-c4ccncc4)cnn3c2)cc1. The number of nitrogens with zero attached hydrogens (tertiary/aromatic N) is 4. The highest BCUT2D eigenvalue weighted by molar-refractivity contribution is 5.77. The molecule has 4 rings (SSSR count). The third kappa shape index (κ3) is 3.35. The number of rotatable bonds is 3. The zero-order chi connectivity index (χ0) is 17.6. The fourth-order valence-electron chi connectivity index (χ4n) is 2.54. The van der Waals surface area contributed by atoms with E-state index < -0.39 is 0 Å². The van der Waals surface area contributed by atoms with E-state index in [9.17, 15) is 0 Å². The molecule has 25 heavy (non-hydrogen) atoms. The van der Waals surface area contributed by atoms with Crippen molar-refractivity contribution in [2.75, 3.05) is 7.11 Å². The summed E-state index contributed by atoms with van der Waals surface area (Å²) in [5, 5.41) is 4.42. The minimum atomic E-state index is 0.827. The van der Waals surface area contributed by atoms with E-state index in [4.69, 9.17) is 4.74 Å². The number of fused-ring (bicyclic) bond motifs is 1. The lowest BCUT2D eigenvalue weighted by Gasteiger charge is -2.04. The molecule has 0 saturated carbocycles. The molecule has 0 bridgehead atoms. The molecule has 5 nitrogen and oxygen atoms in total. The third-order valence-corrected chi connectivity index (χ3v) is 3.77. The molecule has 4 aromatic rings. The van der Waals surface area contributed by atoms with Crippen LogP contribution in [-0.4, -0.2) is 26.7 Å². The van der Waals surface area contributed by atoms with Crippen LogP contribution in [0.1, 0.15) is 13.8 Å². The van der Waals surface area contributed by atoms with Crippen molar-refractivity contribution in [1.29, 1.82) is 0 Å². The number of hydrogen-bond acceptors (Lipinski definition) is 4. The van der Waals surface area contributed by atoms with Gasteiger partial charge in [0, 0.05) is 35.9 Å². The van der Waals surface area contributed by atoms with E-state index in [-0.39, 0.29) is 0 Å². The summed E-state index contributed by atoms with van der Waals surface area (Å²) in [4.78, 5) is 8.63. The summed E-state index contributed by atoms with van der Waals surface area (Å²) in [7, 11) is 1.66. The Kier molecular flexibility index (Phi) is 5.04. The smallest absolute Gasteiger partial charge is 0.162 e. The van der Waals surface area contributed by atoms with E-state index in [1.54, 1.807) is 24.0 Å². The topological polar surface area (TPSA) is 52.3 Å². The molecular formula is C20H20N4O. The summed E-state index contributed by atoms with van der Waals surface area (Å²) in [5.74, 6) is 0.835. The highest BCUT2D eigenvalue weighted by Crippen LogP contribution is 2.26. The van der Waals surface area contributed by atoms with Crippen LogP contribution in [0, 0.1) is 0 Å². The molecule has 0 spiro atoms. The molecule has 5 heteroatoms. The summed E-state index contributed by atoms with van der Waals surface area (Å²) in [6.07, 6.45) is 9.21. The Balaban J connectivity index is 0.000000880. The molecular weight excluding hydrogens is 312 g/mol. The van der Waals surface area contributed by atoms with Crippen molar-refractivity contribution in [3.63, 3.8) is 0 Å². The number of hydrogen-bond donors (Lipinski definition) is 0. The Hall–Kier alpha value is -3.21. The van der Waals surface area contributed by atoms with Crippen LogP contribution in [-0.2, 0) is 0 Å². The van der Waals surface area contributed by atoms with Crippen LogP contribution in [0.5, 0.6) is 5.75 Å². The van der Waals surface area contributed by atoms with Gasteiger partial charge in [-0.3, -0.25) is 4.98 Å². The molecule has 0 radical (unpaired) electrons. The maximum absolute atomic E-state index is 5.19. The van der Waals surface area contributed by atoms with Gasteiger partial charge in [0.05, 0.1) is 13.3 Å². The average molecular weight is 332 g/mol. The van der Waals surface area contributed by atoms with Crippen LogP contribution in [0.3, 0.4) is 0 Å². The average Bonchev–Trinajstić information content (AvgIpc) is 3.13. The van der Waals surface area contributed by atoms with Crippen LogP contribution in [0.25, 0.3) is 27.9 Å². The fraction of sp³-hybridized carbons (Fsp3) is 0.150. The Morgan fingerprint density at radius 1 is 0.840 bits per heavy atom. The van der Waals surface area contributed by atoms with Crippen molar-refractivity contribution < 1.29 is 4.74 Å². The van der Waals surface area contributed by atoms with Gasteiger partial charge in [-0.25, -0.2) is 9.50 Å². The standard InChI is InChI=1S/C18H14N4O.C2H6/c1-23-16-4-2-13(3-5-16)15-10-20-18-17(11-21-22(18)12-15)14-6-8-19-9-7-14;1-2/h2-12H,1H3;1-2H3. The molecule has 0 saturated heterocycles. The van der Waals surface area contributed by atoms with E-state index in [0.29, 0.717) is 0 Å². The van der Waals surface area contributed by atoms with Gasteiger partial charge < -0.3 is 4.74 Å². The minimum absolute atomic E-state index is 0.827. The number of benzene rings is 1. The third-order valence-electron chi connectivity index (χ3n) is 3.77. The first kappa shape index (κ1) is 16.6. The second-order valence-electron chi connectivity index (χ2n) is 5.13. The largest absolute Gasteiger partial charge is 0.497 e. The van der Waals surface area contributed by atoms with Crippen molar-refractivity contribution in [2.24, 2.45) is 0 Å². The summed E-state index contributed by atoms with van der Waals surface area (Å²) >= 11 is 0. The normalized spacial score (nSPS) is 10.2. The van der Waals surface area contributed by atoms with Crippen molar-refractivity contribution >= 4 is 5.65 Å². The highest BCUT2D eigenvalue weighted by atomic mass is 16.5. The number of pyridine rings is 1. The zero-order valence-electron chi connectivity index (χ0n) is 14.5. The van der Waals surface area contributed by atoms with E-state index in [1.807, 2.05) is 68.8 Å². The monoisotopic (exact) mass is 332 g/mol. The second-order valence-corrected chi connectivity index (χ2v) is 5.13. The minimum Gasteiger partial charge on any atom is -0.497 e. The van der Waals surface area contributed by atoms with Gasteiger partial charge in [0.2, 0.25) is 0 Å². The molecule has 126 valence electrons. The highest BCUT2D eigenvalue weighted by Gasteiger charge is 2.09. The predicted octanol–water partition coefficient (Wildman–Crippen LogP) is 4.49. The van der Waals surface area contributed by atoms with Gasteiger partial charge in [0.15, 0.2) is 5.65 Å². The Bertz CT molecular complexity index is 947. The molecule has 0 unspecified atom stereocenters. The first-order chi connectivity index (χ1) is 12.3. The van der Waals surface area contributed by atoms with Gasteiger partial charge in [-0.1, -0.05) is 26.0 Å². The summed E-state index contributed by atoms with van der Waals surface area (Å²) in [6.45, 7) is 4.00. The van der Waals surface area contributed by atoms with Crippen molar-refractivity contribution in [2.45, 2.75) is 13.8 Å². The Labute approximate surface area is 147 Å². The summed E-state index contributed by atoms with van der Waals surface area (Å²) < 4.78 is 6.99. The van der Waals surface area contributed by atoms with E-state index >= 15 is 0 Å². The maximum Gasteiger partial charge on any atom is 0.162 e. The lowest BCUT2D eigenvalue weighted by molar-refractivity contribution is 0.415. The first-order valence-corrected chi connectivity index (χ1v) is 8.23. The van der Waals surface area contributed by atoms with Gasteiger partial charge in [-0.05, 0) is 35.4 Å². The van der Waals surface area contributed by atoms with Crippen molar-refractivity contribution in [1.82, 2.24) is 19.6 Å². The zero-order valence-corrected chi connectivity index (χ0v) is 14.5. The first-order valence-electron chi connectivity index (χ1n) is 8.23. The molecule has 0 aliphatic rings. The van der Waals surface area contributed by atoms with Gasteiger partial charge in [-0.15, -0.1) is 0 Å². The molecule has 0 aliphatic heterocycles. The summed E-state index contributed by atoms with van der Waals surface area (Å²) in [5.41, 5.74) is 4.95. The number of methoxy groups -OCH3 is 1. The van der Waals surface area contributed by atoms with E-state index in [2.05, 4.69) is 15.1 Å². The molecule has 3 heterocycles. The van der Waals surface area contributed by atoms with Gasteiger partial charge in [0.25, 0.3) is 0 Å². The van der Waals surface area contributed by atoms with Crippen LogP contribution in [0.15, 0.2) is 67.4 Å². The van der Waals surface area contributed by atoms with Crippen LogP contribution in [0.2, 0.25) is 0 Å². The second kappa shape index (κ2) is 7.57. The lowest BCUT2D eigenvalue weighted by Crippen LogP contribution is -1.92. The maximum atomic E-state index is 5.19. The Morgan fingerprint density at radius 2 is 1.56 bits per heavy atom. The van der Waals surface area contributed by atoms with E-state index in [1.165, 1.54) is 0 Å². The van der Waals surface area contributed by atoms with E-state index in [0.717, 1.165) is 33.7 Å². The number of ether oxygens (including phenoxy) is 1. The molecule has 1 aromatic carbocycles. The molecule has 3 aromatic heterocycles. The van der Waals surface area contributed by atoms with Crippen LogP contribution in [0.4, 0.5) is 0 Å². The number of aromatic nitrogens is 4. The van der Waals surface area contributed by atoms with Gasteiger partial charge >= 0.3 is 0 Å². The molecule has 0 atom stereocenters. The predicted molar refractivity (Wildman–Crippen MR) is 99.6 cm³/mol. The fourth-order valence-corrected chi connectivity index (χ4v) is 2.54.